The van der Waals surface area contributed by atoms with E-state index in [2.05, 4.69) is 24.1 Å². The van der Waals surface area contributed by atoms with E-state index >= 15 is 0 Å². The molecule has 0 spiro atoms. The molecule has 1 aromatic heterocycles. The first-order valence-electron chi connectivity index (χ1n) is 5.46. The van der Waals surface area contributed by atoms with Gasteiger partial charge in [-0.2, -0.15) is 0 Å². The molecular weight excluding hydrogens is 222 g/mol. The summed E-state index contributed by atoms with van der Waals surface area (Å²) in [5, 5.41) is 6.00. The topological polar surface area (TPSA) is 45.2 Å². The van der Waals surface area contributed by atoms with Crippen LogP contribution in [0.1, 0.15) is 25.3 Å². The SMILES string of the molecule is CNC1CCN(C(C)(C)c2nccs2)C1=O. The number of likely N-dealkylation sites (N-methyl/N-ethyl adjacent to an activating group) is 1. The molecule has 0 aliphatic carbocycles. The van der Waals surface area contributed by atoms with Gasteiger partial charge in [0.2, 0.25) is 5.91 Å². The number of rotatable bonds is 3. The van der Waals surface area contributed by atoms with E-state index < -0.39 is 0 Å². The predicted molar refractivity (Wildman–Crippen MR) is 64.3 cm³/mol. The van der Waals surface area contributed by atoms with Gasteiger partial charge in [-0.1, -0.05) is 0 Å². The molecule has 1 N–H and O–H groups in total. The van der Waals surface area contributed by atoms with Gasteiger partial charge in [0, 0.05) is 18.1 Å². The maximum absolute atomic E-state index is 12.1. The number of hydrogen-bond donors (Lipinski definition) is 1. The lowest BCUT2D eigenvalue weighted by Crippen LogP contribution is -2.46. The predicted octanol–water partition coefficient (Wildman–Crippen LogP) is 1.20. The summed E-state index contributed by atoms with van der Waals surface area (Å²) in [4.78, 5) is 18.4. The summed E-state index contributed by atoms with van der Waals surface area (Å²) >= 11 is 1.60. The van der Waals surface area contributed by atoms with Gasteiger partial charge in [-0.05, 0) is 27.3 Å². The fourth-order valence-corrected chi connectivity index (χ4v) is 2.91. The normalized spacial score (nSPS) is 21.8. The van der Waals surface area contributed by atoms with Crippen LogP contribution in [-0.4, -0.2) is 35.4 Å². The third-order valence-corrected chi connectivity index (χ3v) is 4.27. The Morgan fingerprint density at radius 1 is 1.62 bits per heavy atom. The third-order valence-electron chi connectivity index (χ3n) is 3.18. The van der Waals surface area contributed by atoms with Gasteiger partial charge in [0.05, 0.1) is 11.6 Å². The van der Waals surface area contributed by atoms with Crippen LogP contribution in [-0.2, 0) is 10.3 Å². The molecular formula is C11H17N3OS. The van der Waals surface area contributed by atoms with Crippen molar-refractivity contribution >= 4 is 17.2 Å². The van der Waals surface area contributed by atoms with E-state index in [4.69, 9.17) is 0 Å². The smallest absolute Gasteiger partial charge is 0.240 e. The second-order valence-corrected chi connectivity index (χ2v) is 5.41. The van der Waals surface area contributed by atoms with Crippen molar-refractivity contribution < 1.29 is 4.79 Å². The van der Waals surface area contributed by atoms with Crippen LogP contribution in [0.25, 0.3) is 0 Å². The van der Waals surface area contributed by atoms with Crippen molar-refractivity contribution in [3.8, 4) is 0 Å². The molecule has 0 aromatic carbocycles. The molecule has 1 saturated heterocycles. The lowest BCUT2D eigenvalue weighted by Gasteiger charge is -2.33. The van der Waals surface area contributed by atoms with E-state index in [-0.39, 0.29) is 17.5 Å². The Kier molecular flexibility index (Phi) is 2.99. The summed E-state index contributed by atoms with van der Waals surface area (Å²) in [6.45, 7) is 4.92. The van der Waals surface area contributed by atoms with Gasteiger partial charge >= 0.3 is 0 Å². The maximum Gasteiger partial charge on any atom is 0.240 e. The number of likely N-dealkylation sites (tertiary alicyclic amines) is 1. The van der Waals surface area contributed by atoms with E-state index in [9.17, 15) is 4.79 Å². The first-order valence-corrected chi connectivity index (χ1v) is 6.34. The van der Waals surface area contributed by atoms with Crippen LogP contribution >= 0.6 is 11.3 Å². The quantitative estimate of drug-likeness (QED) is 0.862. The van der Waals surface area contributed by atoms with Gasteiger partial charge in [-0.3, -0.25) is 4.79 Å². The van der Waals surface area contributed by atoms with Crippen LogP contribution in [0.2, 0.25) is 0 Å². The zero-order chi connectivity index (χ0) is 11.8. The molecule has 5 heteroatoms. The minimum Gasteiger partial charge on any atom is -0.330 e. The van der Waals surface area contributed by atoms with Crippen molar-refractivity contribution in [2.24, 2.45) is 0 Å². The Balaban J connectivity index is 2.23. The number of nitrogens with zero attached hydrogens (tertiary/aromatic N) is 2. The highest BCUT2D eigenvalue weighted by Crippen LogP contribution is 2.32. The van der Waals surface area contributed by atoms with Crippen LogP contribution in [0, 0.1) is 0 Å². The number of aromatic nitrogens is 1. The zero-order valence-corrected chi connectivity index (χ0v) is 10.7. The summed E-state index contributed by atoms with van der Waals surface area (Å²) in [5.74, 6) is 0.183. The van der Waals surface area contributed by atoms with Crippen LogP contribution in [0.3, 0.4) is 0 Å². The summed E-state index contributed by atoms with van der Waals surface area (Å²) in [6.07, 6.45) is 2.67. The molecule has 0 bridgehead atoms. The van der Waals surface area contributed by atoms with Crippen molar-refractivity contribution in [2.75, 3.05) is 13.6 Å². The van der Waals surface area contributed by atoms with Crippen molar-refractivity contribution in [2.45, 2.75) is 31.8 Å². The van der Waals surface area contributed by atoms with E-state index in [1.54, 1.807) is 17.5 Å². The molecule has 1 aliphatic heterocycles. The van der Waals surface area contributed by atoms with Crippen LogP contribution in [0.15, 0.2) is 11.6 Å². The molecule has 1 unspecified atom stereocenters. The van der Waals surface area contributed by atoms with E-state index in [0.717, 1.165) is 18.0 Å². The van der Waals surface area contributed by atoms with Gasteiger partial charge in [0.25, 0.3) is 0 Å². The second kappa shape index (κ2) is 4.14. The molecule has 0 saturated carbocycles. The van der Waals surface area contributed by atoms with Crippen molar-refractivity contribution in [1.82, 2.24) is 15.2 Å². The Morgan fingerprint density at radius 2 is 2.38 bits per heavy atom. The summed E-state index contributed by atoms with van der Waals surface area (Å²) < 4.78 is 0. The molecule has 0 radical (unpaired) electrons. The Morgan fingerprint density at radius 3 is 2.88 bits per heavy atom. The first kappa shape index (κ1) is 11.5. The van der Waals surface area contributed by atoms with Gasteiger partial charge in [-0.15, -0.1) is 11.3 Å². The lowest BCUT2D eigenvalue weighted by atomic mass is 10.0. The number of thiazole rings is 1. The van der Waals surface area contributed by atoms with Crippen molar-refractivity contribution in [1.29, 1.82) is 0 Å². The van der Waals surface area contributed by atoms with Crippen molar-refractivity contribution in [3.63, 3.8) is 0 Å². The molecule has 1 amide bonds. The molecule has 2 heterocycles. The molecule has 1 atom stereocenters. The fourth-order valence-electron chi connectivity index (χ4n) is 2.14. The first-order chi connectivity index (χ1) is 7.57. The second-order valence-electron chi connectivity index (χ2n) is 4.52. The number of carbonyl (C=O) groups excluding carboxylic acids is 1. The molecule has 1 fully saturated rings. The van der Waals surface area contributed by atoms with E-state index in [1.165, 1.54) is 0 Å². The zero-order valence-electron chi connectivity index (χ0n) is 9.86. The van der Waals surface area contributed by atoms with Crippen LogP contribution in [0.5, 0.6) is 0 Å². The highest BCUT2D eigenvalue weighted by molar-refractivity contribution is 7.09. The summed E-state index contributed by atoms with van der Waals surface area (Å²) in [5.41, 5.74) is -0.295. The third kappa shape index (κ3) is 1.74. The minimum absolute atomic E-state index is 0.0285. The standard InChI is InChI=1S/C11H17N3OS/c1-11(2,10-13-5-7-16-10)14-6-4-8(12-3)9(14)15/h5,7-8,12H,4,6H2,1-3H3. The summed E-state index contributed by atoms with van der Waals surface area (Å²) in [6, 6.07) is -0.0285. The number of nitrogens with one attached hydrogen (secondary N) is 1. The molecule has 1 aromatic rings. The minimum atomic E-state index is -0.295. The molecule has 1 aliphatic rings. The average molecular weight is 239 g/mol. The molecule has 88 valence electrons. The van der Waals surface area contributed by atoms with Gasteiger partial charge in [0.15, 0.2) is 0 Å². The number of hydrogen-bond acceptors (Lipinski definition) is 4. The number of amides is 1. The molecule has 4 nitrogen and oxygen atoms in total. The Bertz CT molecular complexity index is 375. The Hall–Kier alpha value is -0.940. The van der Waals surface area contributed by atoms with Gasteiger partial charge in [-0.25, -0.2) is 4.98 Å². The van der Waals surface area contributed by atoms with E-state index in [1.807, 2.05) is 17.3 Å². The van der Waals surface area contributed by atoms with Gasteiger partial charge in [0.1, 0.15) is 5.01 Å². The van der Waals surface area contributed by atoms with Crippen LogP contribution < -0.4 is 5.32 Å². The Labute approximate surface area is 99.7 Å². The molecule has 16 heavy (non-hydrogen) atoms. The van der Waals surface area contributed by atoms with Crippen LogP contribution in [0.4, 0.5) is 0 Å². The highest BCUT2D eigenvalue weighted by atomic mass is 32.1. The fraction of sp³-hybridized carbons (Fsp3) is 0.636. The number of carbonyl (C=O) groups is 1. The lowest BCUT2D eigenvalue weighted by molar-refractivity contribution is -0.134. The highest BCUT2D eigenvalue weighted by Gasteiger charge is 2.41. The molecule has 2 rings (SSSR count). The largest absolute Gasteiger partial charge is 0.330 e. The maximum atomic E-state index is 12.1. The monoisotopic (exact) mass is 239 g/mol. The summed E-state index contributed by atoms with van der Waals surface area (Å²) in [7, 11) is 1.84. The van der Waals surface area contributed by atoms with Crippen molar-refractivity contribution in [3.05, 3.63) is 16.6 Å². The average Bonchev–Trinajstić information content (AvgIpc) is 2.85. The van der Waals surface area contributed by atoms with Gasteiger partial charge < -0.3 is 10.2 Å². The van der Waals surface area contributed by atoms with E-state index in [0.29, 0.717) is 0 Å².